The van der Waals surface area contributed by atoms with Crippen molar-refractivity contribution in [3.05, 3.63) is 35.1 Å². The van der Waals surface area contributed by atoms with Gasteiger partial charge in [0, 0.05) is 24.6 Å². The highest BCUT2D eigenvalue weighted by Crippen LogP contribution is 2.15. The molecule has 0 unspecified atom stereocenters. The molecule has 0 bridgehead atoms. The topological polar surface area (TPSA) is 40.5 Å². The second-order valence-electron chi connectivity index (χ2n) is 5.16. The minimum Gasteiger partial charge on any atom is -0.481 e. The first-order valence-electron chi connectivity index (χ1n) is 6.61. The Morgan fingerprint density at radius 1 is 1.42 bits per heavy atom. The van der Waals surface area contributed by atoms with Gasteiger partial charge in [0.15, 0.2) is 0 Å². The van der Waals surface area contributed by atoms with Gasteiger partial charge in [-0.1, -0.05) is 17.7 Å². The van der Waals surface area contributed by atoms with E-state index < -0.39 is 5.97 Å². The molecule has 0 aliphatic rings. The van der Waals surface area contributed by atoms with Crippen LogP contribution in [-0.4, -0.2) is 28.6 Å². The molecule has 0 heterocycles. The van der Waals surface area contributed by atoms with Crippen molar-refractivity contribution in [2.75, 3.05) is 6.54 Å². The van der Waals surface area contributed by atoms with E-state index in [-0.39, 0.29) is 18.3 Å². The Morgan fingerprint density at radius 2 is 2.11 bits per heavy atom. The highest BCUT2D eigenvalue weighted by atomic mass is 19.1. The summed E-state index contributed by atoms with van der Waals surface area (Å²) in [5.74, 6) is -0.986. The van der Waals surface area contributed by atoms with Crippen LogP contribution >= 0.6 is 0 Å². The number of halogens is 1. The van der Waals surface area contributed by atoms with E-state index in [4.69, 9.17) is 5.11 Å². The summed E-state index contributed by atoms with van der Waals surface area (Å²) in [6.07, 6.45) is 0.737. The molecule has 0 aliphatic carbocycles. The Kier molecular flexibility index (Phi) is 5.96. The average Bonchev–Trinajstić information content (AvgIpc) is 2.31. The number of carboxylic acid groups (broad SMARTS) is 1. The average molecular weight is 267 g/mol. The fourth-order valence-electron chi connectivity index (χ4n) is 2.00. The lowest BCUT2D eigenvalue weighted by molar-refractivity contribution is -0.137. The van der Waals surface area contributed by atoms with Crippen LogP contribution < -0.4 is 0 Å². The number of aliphatic carboxylic acids is 1. The molecule has 0 spiro atoms. The minimum absolute atomic E-state index is 0.152. The number of rotatable bonds is 7. The lowest BCUT2D eigenvalue weighted by Crippen LogP contribution is -2.32. The molecule has 0 saturated heterocycles. The van der Waals surface area contributed by atoms with E-state index in [2.05, 4.69) is 4.90 Å². The molecular weight excluding hydrogens is 245 g/mol. The molecule has 1 aromatic carbocycles. The van der Waals surface area contributed by atoms with Gasteiger partial charge in [-0.15, -0.1) is 0 Å². The van der Waals surface area contributed by atoms with Gasteiger partial charge >= 0.3 is 5.97 Å². The quantitative estimate of drug-likeness (QED) is 0.824. The van der Waals surface area contributed by atoms with Gasteiger partial charge in [-0.25, -0.2) is 4.39 Å². The van der Waals surface area contributed by atoms with Crippen LogP contribution in [0.3, 0.4) is 0 Å². The van der Waals surface area contributed by atoms with Gasteiger partial charge in [0.25, 0.3) is 0 Å². The van der Waals surface area contributed by atoms with E-state index in [1.807, 2.05) is 26.8 Å². The molecule has 0 atom stereocenters. The zero-order chi connectivity index (χ0) is 14.4. The molecule has 0 fully saturated rings. The summed E-state index contributed by atoms with van der Waals surface area (Å²) in [5, 5.41) is 8.66. The first-order valence-corrected chi connectivity index (χ1v) is 6.61. The number of hydrogen-bond donors (Lipinski definition) is 1. The highest BCUT2D eigenvalue weighted by molar-refractivity contribution is 5.66. The maximum absolute atomic E-state index is 13.7. The second-order valence-corrected chi connectivity index (χ2v) is 5.16. The van der Waals surface area contributed by atoms with Crippen molar-refractivity contribution in [1.82, 2.24) is 4.90 Å². The highest BCUT2D eigenvalue weighted by Gasteiger charge is 2.13. The Hall–Kier alpha value is -1.42. The SMILES string of the molecule is Cc1ccc(F)c(CN(CCCC(=O)O)C(C)C)c1. The monoisotopic (exact) mass is 267 g/mol. The van der Waals surface area contributed by atoms with Crippen molar-refractivity contribution < 1.29 is 14.3 Å². The van der Waals surface area contributed by atoms with Crippen LogP contribution in [0.25, 0.3) is 0 Å². The summed E-state index contributed by atoms with van der Waals surface area (Å²) in [6.45, 7) is 7.19. The van der Waals surface area contributed by atoms with Gasteiger partial charge in [-0.2, -0.15) is 0 Å². The number of benzene rings is 1. The van der Waals surface area contributed by atoms with Crippen LogP contribution in [0, 0.1) is 12.7 Å². The van der Waals surface area contributed by atoms with E-state index in [1.165, 1.54) is 6.07 Å². The van der Waals surface area contributed by atoms with Crippen LogP contribution in [0.15, 0.2) is 18.2 Å². The number of nitrogens with zero attached hydrogens (tertiary/aromatic N) is 1. The van der Waals surface area contributed by atoms with Crippen LogP contribution in [0.5, 0.6) is 0 Å². The number of hydrogen-bond acceptors (Lipinski definition) is 2. The number of carboxylic acids is 1. The molecular formula is C15H22FNO2. The summed E-state index contributed by atoms with van der Waals surface area (Å²) >= 11 is 0. The lowest BCUT2D eigenvalue weighted by atomic mass is 10.1. The molecule has 0 radical (unpaired) electrons. The van der Waals surface area contributed by atoms with E-state index in [0.29, 0.717) is 25.1 Å². The molecule has 3 nitrogen and oxygen atoms in total. The lowest BCUT2D eigenvalue weighted by Gasteiger charge is -2.26. The third kappa shape index (κ3) is 5.39. The van der Waals surface area contributed by atoms with E-state index in [1.54, 1.807) is 6.07 Å². The predicted octanol–water partition coefficient (Wildman–Crippen LogP) is 3.21. The van der Waals surface area contributed by atoms with E-state index >= 15 is 0 Å². The molecule has 19 heavy (non-hydrogen) atoms. The van der Waals surface area contributed by atoms with Gasteiger partial charge in [-0.05, 0) is 39.8 Å². The van der Waals surface area contributed by atoms with Crippen molar-refractivity contribution in [2.45, 2.75) is 46.2 Å². The molecule has 1 N–H and O–H groups in total. The summed E-state index contributed by atoms with van der Waals surface area (Å²) in [5.41, 5.74) is 1.70. The van der Waals surface area contributed by atoms with Gasteiger partial charge < -0.3 is 5.11 Å². The molecule has 1 aromatic rings. The minimum atomic E-state index is -0.787. The Bertz CT molecular complexity index is 432. The maximum atomic E-state index is 13.7. The van der Waals surface area contributed by atoms with Crippen molar-refractivity contribution >= 4 is 5.97 Å². The van der Waals surface area contributed by atoms with Crippen molar-refractivity contribution in [2.24, 2.45) is 0 Å². The molecule has 4 heteroatoms. The number of carbonyl (C=O) groups is 1. The summed E-state index contributed by atoms with van der Waals surface area (Å²) in [7, 11) is 0. The van der Waals surface area contributed by atoms with Gasteiger partial charge in [0.1, 0.15) is 5.82 Å². The van der Waals surface area contributed by atoms with Crippen molar-refractivity contribution in [3.8, 4) is 0 Å². The van der Waals surface area contributed by atoms with Gasteiger partial charge in [0.2, 0.25) is 0 Å². The van der Waals surface area contributed by atoms with E-state index in [9.17, 15) is 9.18 Å². The first kappa shape index (κ1) is 15.6. The van der Waals surface area contributed by atoms with E-state index in [0.717, 1.165) is 5.56 Å². The van der Waals surface area contributed by atoms with Gasteiger partial charge in [0.05, 0.1) is 0 Å². The molecule has 0 aromatic heterocycles. The molecule has 1 rings (SSSR count). The van der Waals surface area contributed by atoms with Crippen molar-refractivity contribution in [1.29, 1.82) is 0 Å². The second kappa shape index (κ2) is 7.24. The van der Waals surface area contributed by atoms with Crippen LogP contribution in [0.2, 0.25) is 0 Å². The Balaban J connectivity index is 2.67. The summed E-state index contributed by atoms with van der Waals surface area (Å²) in [6, 6.07) is 5.35. The fraction of sp³-hybridized carbons (Fsp3) is 0.533. The van der Waals surface area contributed by atoms with Gasteiger partial charge in [-0.3, -0.25) is 9.69 Å². The third-order valence-electron chi connectivity index (χ3n) is 3.14. The predicted molar refractivity (Wildman–Crippen MR) is 73.6 cm³/mol. The summed E-state index contributed by atoms with van der Waals surface area (Å²) in [4.78, 5) is 12.6. The largest absolute Gasteiger partial charge is 0.481 e. The maximum Gasteiger partial charge on any atom is 0.303 e. The third-order valence-corrected chi connectivity index (χ3v) is 3.14. The first-order chi connectivity index (χ1) is 8.90. The zero-order valence-corrected chi connectivity index (χ0v) is 11.8. The van der Waals surface area contributed by atoms with Crippen molar-refractivity contribution in [3.63, 3.8) is 0 Å². The normalized spacial score (nSPS) is 11.3. The Morgan fingerprint density at radius 3 is 2.68 bits per heavy atom. The van der Waals surface area contributed by atoms with Crippen LogP contribution in [-0.2, 0) is 11.3 Å². The fourth-order valence-corrected chi connectivity index (χ4v) is 2.00. The van der Waals surface area contributed by atoms with Crippen LogP contribution in [0.4, 0.5) is 4.39 Å². The smallest absolute Gasteiger partial charge is 0.303 e. The molecule has 0 aliphatic heterocycles. The molecule has 0 saturated carbocycles. The zero-order valence-electron chi connectivity index (χ0n) is 11.8. The van der Waals surface area contributed by atoms with Crippen LogP contribution in [0.1, 0.15) is 37.8 Å². The summed E-state index contributed by atoms with van der Waals surface area (Å²) < 4.78 is 13.7. The molecule has 106 valence electrons. The number of aryl methyl sites for hydroxylation is 1. The Labute approximate surface area is 114 Å². The standard InChI is InChI=1S/C15H22FNO2/c1-11(2)17(8-4-5-15(18)19)10-13-9-12(3)6-7-14(13)16/h6-7,9,11H,4-5,8,10H2,1-3H3,(H,18,19). The molecule has 0 amide bonds.